The highest BCUT2D eigenvalue weighted by Gasteiger charge is 2.15. The van der Waals surface area contributed by atoms with Gasteiger partial charge in [-0.2, -0.15) is 0 Å². The maximum Gasteiger partial charge on any atom is 0.0707 e. The van der Waals surface area contributed by atoms with E-state index in [1.807, 2.05) is 61.6 Å². The molecule has 2 nitrogen and oxygen atoms in total. The molecule has 112 valence electrons. The first-order chi connectivity index (χ1) is 10.1. The molecular formula is C18H22ClNO. The summed E-state index contributed by atoms with van der Waals surface area (Å²) >= 11 is 5.92. The number of benzene rings is 2. The van der Waals surface area contributed by atoms with E-state index in [9.17, 15) is 5.11 Å². The molecule has 0 radical (unpaired) electrons. The van der Waals surface area contributed by atoms with Crippen molar-refractivity contribution in [2.24, 2.45) is 0 Å². The summed E-state index contributed by atoms with van der Waals surface area (Å²) in [5, 5.41) is 11.0. The molecule has 0 saturated heterocycles. The minimum absolute atomic E-state index is 0.243. The molecule has 0 fully saturated rings. The van der Waals surface area contributed by atoms with Crippen molar-refractivity contribution in [3.05, 3.63) is 70.7 Å². The Morgan fingerprint density at radius 1 is 1.05 bits per heavy atom. The van der Waals surface area contributed by atoms with Crippen LogP contribution in [0.4, 0.5) is 0 Å². The van der Waals surface area contributed by atoms with E-state index in [1.54, 1.807) is 0 Å². The van der Waals surface area contributed by atoms with Gasteiger partial charge in [0, 0.05) is 17.6 Å². The largest absolute Gasteiger partial charge is 0.391 e. The summed E-state index contributed by atoms with van der Waals surface area (Å²) in [4.78, 5) is 2.16. The highest BCUT2D eigenvalue weighted by molar-refractivity contribution is 6.30. The van der Waals surface area contributed by atoms with Crippen LogP contribution in [-0.4, -0.2) is 29.7 Å². The van der Waals surface area contributed by atoms with Crippen molar-refractivity contribution in [2.75, 3.05) is 13.6 Å². The molecule has 0 aliphatic rings. The average Bonchev–Trinajstić information content (AvgIpc) is 2.48. The normalized spacial score (nSPS) is 14.1. The number of hydrogen-bond donors (Lipinski definition) is 1. The van der Waals surface area contributed by atoms with Gasteiger partial charge in [-0.3, -0.25) is 4.90 Å². The summed E-state index contributed by atoms with van der Waals surface area (Å²) in [6, 6.07) is 18.2. The molecule has 2 atom stereocenters. The molecule has 0 saturated carbocycles. The standard InChI is InChI=1S/C18H22ClNO/c1-14(16-8-10-17(19)11-9-16)20(2)13-18(21)12-15-6-4-3-5-7-15/h3-11,14,18,21H,12-13H2,1-2H3. The molecule has 2 rings (SSSR count). The van der Waals surface area contributed by atoms with E-state index in [1.165, 1.54) is 5.56 Å². The van der Waals surface area contributed by atoms with Gasteiger partial charge < -0.3 is 5.11 Å². The zero-order chi connectivity index (χ0) is 15.2. The number of likely N-dealkylation sites (N-methyl/N-ethyl adjacent to an activating group) is 1. The molecule has 2 aromatic rings. The summed E-state index contributed by atoms with van der Waals surface area (Å²) in [6.45, 7) is 2.77. The van der Waals surface area contributed by atoms with Crippen molar-refractivity contribution in [1.29, 1.82) is 0 Å². The van der Waals surface area contributed by atoms with Crippen LogP contribution in [0.1, 0.15) is 24.1 Å². The van der Waals surface area contributed by atoms with Gasteiger partial charge >= 0.3 is 0 Å². The van der Waals surface area contributed by atoms with Gasteiger partial charge in [-0.15, -0.1) is 0 Å². The maximum atomic E-state index is 10.3. The zero-order valence-corrected chi connectivity index (χ0v) is 13.3. The number of nitrogens with zero attached hydrogens (tertiary/aromatic N) is 1. The van der Waals surface area contributed by atoms with Gasteiger partial charge in [-0.25, -0.2) is 0 Å². The first-order valence-electron chi connectivity index (χ1n) is 7.24. The Morgan fingerprint density at radius 3 is 2.29 bits per heavy atom. The molecule has 0 heterocycles. The van der Waals surface area contributed by atoms with E-state index >= 15 is 0 Å². The second-order valence-corrected chi connectivity index (χ2v) is 5.95. The molecule has 0 bridgehead atoms. The minimum Gasteiger partial charge on any atom is -0.391 e. The third kappa shape index (κ3) is 4.85. The van der Waals surface area contributed by atoms with E-state index in [0.717, 1.165) is 10.6 Å². The fourth-order valence-corrected chi connectivity index (χ4v) is 2.56. The number of halogens is 1. The van der Waals surface area contributed by atoms with Crippen LogP contribution >= 0.6 is 11.6 Å². The highest BCUT2D eigenvalue weighted by atomic mass is 35.5. The Bertz CT molecular complexity index is 541. The molecule has 21 heavy (non-hydrogen) atoms. The van der Waals surface area contributed by atoms with Crippen LogP contribution < -0.4 is 0 Å². The van der Waals surface area contributed by atoms with Crippen LogP contribution in [0.3, 0.4) is 0 Å². The van der Waals surface area contributed by atoms with Crippen LogP contribution in [0.25, 0.3) is 0 Å². The Kier molecular flexibility index (Phi) is 5.80. The van der Waals surface area contributed by atoms with Gasteiger partial charge in [0.15, 0.2) is 0 Å². The van der Waals surface area contributed by atoms with Crippen molar-refractivity contribution in [2.45, 2.75) is 25.5 Å². The van der Waals surface area contributed by atoms with Gasteiger partial charge in [0.05, 0.1) is 6.10 Å². The Morgan fingerprint density at radius 2 is 1.67 bits per heavy atom. The Hall–Kier alpha value is -1.35. The highest BCUT2D eigenvalue weighted by Crippen LogP contribution is 2.21. The van der Waals surface area contributed by atoms with Crippen molar-refractivity contribution in [3.8, 4) is 0 Å². The molecular weight excluding hydrogens is 282 g/mol. The maximum absolute atomic E-state index is 10.3. The molecule has 2 unspecified atom stereocenters. The number of rotatable bonds is 6. The van der Waals surface area contributed by atoms with E-state index in [0.29, 0.717) is 13.0 Å². The molecule has 0 amide bonds. The lowest BCUT2D eigenvalue weighted by Gasteiger charge is -2.27. The Balaban J connectivity index is 1.91. The third-order valence-corrected chi connectivity index (χ3v) is 4.08. The van der Waals surface area contributed by atoms with Gasteiger partial charge in [-0.1, -0.05) is 54.1 Å². The van der Waals surface area contributed by atoms with Crippen molar-refractivity contribution < 1.29 is 5.11 Å². The summed E-state index contributed by atoms with van der Waals surface area (Å²) in [6.07, 6.45) is 0.311. The number of hydrogen-bond acceptors (Lipinski definition) is 2. The molecule has 0 aliphatic heterocycles. The van der Waals surface area contributed by atoms with Crippen molar-refractivity contribution in [3.63, 3.8) is 0 Å². The molecule has 0 spiro atoms. The molecule has 2 aromatic carbocycles. The fourth-order valence-electron chi connectivity index (χ4n) is 2.44. The lowest BCUT2D eigenvalue weighted by atomic mass is 10.0. The van der Waals surface area contributed by atoms with Gasteiger partial charge in [-0.05, 0) is 43.7 Å². The molecule has 0 aromatic heterocycles. The minimum atomic E-state index is -0.368. The summed E-state index contributed by atoms with van der Waals surface area (Å²) < 4.78 is 0. The monoisotopic (exact) mass is 303 g/mol. The van der Waals surface area contributed by atoms with Crippen LogP contribution in [-0.2, 0) is 6.42 Å². The quantitative estimate of drug-likeness (QED) is 0.874. The number of aliphatic hydroxyl groups excluding tert-OH is 1. The van der Waals surface area contributed by atoms with Crippen molar-refractivity contribution in [1.82, 2.24) is 4.90 Å². The smallest absolute Gasteiger partial charge is 0.0707 e. The van der Waals surface area contributed by atoms with Gasteiger partial charge in [0.2, 0.25) is 0 Å². The molecule has 1 N–H and O–H groups in total. The summed E-state index contributed by atoms with van der Waals surface area (Å²) in [5.74, 6) is 0. The van der Waals surface area contributed by atoms with E-state index in [-0.39, 0.29) is 12.1 Å². The number of aliphatic hydroxyl groups is 1. The topological polar surface area (TPSA) is 23.5 Å². The summed E-state index contributed by atoms with van der Waals surface area (Å²) in [7, 11) is 2.04. The third-order valence-electron chi connectivity index (χ3n) is 3.83. The first kappa shape index (κ1) is 16.0. The predicted octanol–water partition coefficient (Wildman–Crippen LogP) is 3.94. The average molecular weight is 304 g/mol. The first-order valence-corrected chi connectivity index (χ1v) is 7.61. The lowest BCUT2D eigenvalue weighted by Crippen LogP contribution is -2.32. The SMILES string of the molecule is CC(c1ccc(Cl)cc1)N(C)CC(O)Cc1ccccc1. The Labute approximate surface area is 132 Å². The van der Waals surface area contributed by atoms with Crippen LogP contribution in [0.5, 0.6) is 0 Å². The lowest BCUT2D eigenvalue weighted by molar-refractivity contribution is 0.108. The summed E-state index contributed by atoms with van der Waals surface area (Å²) in [5.41, 5.74) is 2.37. The molecule has 0 aliphatic carbocycles. The van der Waals surface area contributed by atoms with Gasteiger partial charge in [0.25, 0.3) is 0 Å². The van der Waals surface area contributed by atoms with E-state index in [4.69, 9.17) is 11.6 Å². The van der Waals surface area contributed by atoms with E-state index < -0.39 is 0 Å². The van der Waals surface area contributed by atoms with Crippen LogP contribution in [0.2, 0.25) is 5.02 Å². The second-order valence-electron chi connectivity index (χ2n) is 5.51. The second kappa shape index (κ2) is 7.60. The fraction of sp³-hybridized carbons (Fsp3) is 0.333. The van der Waals surface area contributed by atoms with Gasteiger partial charge in [0.1, 0.15) is 0 Å². The van der Waals surface area contributed by atoms with Crippen LogP contribution in [0, 0.1) is 0 Å². The van der Waals surface area contributed by atoms with Crippen LogP contribution in [0.15, 0.2) is 54.6 Å². The van der Waals surface area contributed by atoms with E-state index in [2.05, 4.69) is 11.8 Å². The van der Waals surface area contributed by atoms with Crippen molar-refractivity contribution >= 4 is 11.6 Å². The molecule has 3 heteroatoms. The predicted molar refractivity (Wildman–Crippen MR) is 88.6 cm³/mol. The zero-order valence-electron chi connectivity index (χ0n) is 12.5.